The van der Waals surface area contributed by atoms with Crippen LogP contribution in [0.15, 0.2) is 45.6 Å². The summed E-state index contributed by atoms with van der Waals surface area (Å²) in [6.07, 6.45) is 0. The number of fused-ring (bicyclic) bond motifs is 1. The van der Waals surface area contributed by atoms with Crippen molar-refractivity contribution in [1.82, 2.24) is 0 Å². The van der Waals surface area contributed by atoms with E-state index in [1.165, 1.54) is 12.1 Å². The molecule has 106 valence electrons. The lowest BCUT2D eigenvalue weighted by Crippen LogP contribution is -2.01. The summed E-state index contributed by atoms with van der Waals surface area (Å²) in [5.74, 6) is -1.80. The van der Waals surface area contributed by atoms with Gasteiger partial charge in [-0.25, -0.2) is 4.39 Å². The summed E-state index contributed by atoms with van der Waals surface area (Å²) in [7, 11) is 0. The molecule has 5 nitrogen and oxygen atoms in total. The summed E-state index contributed by atoms with van der Waals surface area (Å²) in [6, 6.07) is 6.60. The normalized spacial score (nSPS) is 10.9. The minimum absolute atomic E-state index is 0.0189. The molecule has 6 heteroatoms. The first-order valence-electron chi connectivity index (χ1n) is 5.94. The van der Waals surface area contributed by atoms with E-state index in [0.29, 0.717) is 0 Å². The second-order valence-electron chi connectivity index (χ2n) is 4.48. The summed E-state index contributed by atoms with van der Waals surface area (Å²) in [5.41, 5.74) is -0.659. The van der Waals surface area contributed by atoms with E-state index in [1.807, 2.05) is 0 Å². The van der Waals surface area contributed by atoms with Crippen LogP contribution in [0.3, 0.4) is 0 Å². The van der Waals surface area contributed by atoms with Crippen molar-refractivity contribution in [2.45, 2.75) is 0 Å². The molecule has 3 N–H and O–H groups in total. The van der Waals surface area contributed by atoms with Crippen LogP contribution in [0, 0.1) is 5.82 Å². The van der Waals surface area contributed by atoms with E-state index in [9.17, 15) is 24.5 Å². The lowest BCUT2D eigenvalue weighted by molar-refractivity contribution is 0.452. The first-order valence-corrected chi connectivity index (χ1v) is 5.94. The average molecular weight is 288 g/mol. The Kier molecular flexibility index (Phi) is 2.79. The zero-order valence-electron chi connectivity index (χ0n) is 10.5. The third-order valence-corrected chi connectivity index (χ3v) is 3.01. The Morgan fingerprint density at radius 2 is 1.71 bits per heavy atom. The minimum atomic E-state index is -0.762. The molecule has 0 bridgehead atoms. The van der Waals surface area contributed by atoms with Gasteiger partial charge >= 0.3 is 0 Å². The van der Waals surface area contributed by atoms with Crippen molar-refractivity contribution in [2.24, 2.45) is 0 Å². The molecule has 1 heterocycles. The quantitative estimate of drug-likeness (QED) is 0.640. The second-order valence-corrected chi connectivity index (χ2v) is 4.48. The van der Waals surface area contributed by atoms with Crippen molar-refractivity contribution < 1.29 is 24.1 Å². The summed E-state index contributed by atoms with van der Waals surface area (Å²) in [6.45, 7) is 0. The number of hydrogen-bond acceptors (Lipinski definition) is 5. The highest BCUT2D eigenvalue weighted by Crippen LogP contribution is 2.31. The first-order chi connectivity index (χ1) is 9.95. The maximum atomic E-state index is 13.8. The Labute approximate surface area is 117 Å². The fourth-order valence-electron chi connectivity index (χ4n) is 2.09. The average Bonchev–Trinajstić information content (AvgIpc) is 2.36. The molecular formula is C15H9FO5. The third-order valence-electron chi connectivity index (χ3n) is 3.01. The van der Waals surface area contributed by atoms with Crippen LogP contribution in [-0.4, -0.2) is 15.3 Å². The standard InChI is InChI=1S/C15H9FO5/c16-10-3-7(17)1-2-9(10)13-6-12(20)15-11(19)4-8(18)5-14(15)21-13/h1-6,17-19H. The van der Waals surface area contributed by atoms with E-state index in [-0.39, 0.29) is 33.8 Å². The largest absolute Gasteiger partial charge is 0.508 e. The van der Waals surface area contributed by atoms with Crippen LogP contribution in [0.2, 0.25) is 0 Å². The molecule has 0 unspecified atom stereocenters. The van der Waals surface area contributed by atoms with E-state index >= 15 is 0 Å². The highest BCUT2D eigenvalue weighted by molar-refractivity contribution is 5.86. The van der Waals surface area contributed by atoms with Gasteiger partial charge < -0.3 is 19.7 Å². The Morgan fingerprint density at radius 3 is 2.43 bits per heavy atom. The highest BCUT2D eigenvalue weighted by atomic mass is 19.1. The third kappa shape index (κ3) is 2.16. The van der Waals surface area contributed by atoms with Gasteiger partial charge in [-0.2, -0.15) is 0 Å². The van der Waals surface area contributed by atoms with Crippen LogP contribution >= 0.6 is 0 Å². The lowest BCUT2D eigenvalue weighted by atomic mass is 10.1. The number of halogens is 1. The van der Waals surface area contributed by atoms with Crippen LogP contribution in [0.4, 0.5) is 4.39 Å². The van der Waals surface area contributed by atoms with Gasteiger partial charge in [-0.3, -0.25) is 4.79 Å². The Morgan fingerprint density at radius 1 is 0.952 bits per heavy atom. The molecule has 21 heavy (non-hydrogen) atoms. The Bertz CT molecular complexity index is 914. The molecule has 3 aromatic rings. The van der Waals surface area contributed by atoms with Gasteiger partial charge in [0.15, 0.2) is 5.43 Å². The van der Waals surface area contributed by atoms with E-state index < -0.39 is 17.0 Å². The van der Waals surface area contributed by atoms with Crippen molar-refractivity contribution in [1.29, 1.82) is 0 Å². The molecule has 0 saturated heterocycles. The van der Waals surface area contributed by atoms with Crippen molar-refractivity contribution in [3.63, 3.8) is 0 Å². The van der Waals surface area contributed by atoms with E-state index in [0.717, 1.165) is 24.3 Å². The van der Waals surface area contributed by atoms with Crippen LogP contribution in [0.1, 0.15) is 0 Å². The number of hydrogen-bond donors (Lipinski definition) is 3. The molecule has 0 aliphatic carbocycles. The smallest absolute Gasteiger partial charge is 0.197 e. The van der Waals surface area contributed by atoms with Gasteiger partial charge in [-0.05, 0) is 12.1 Å². The predicted octanol–water partition coefficient (Wildman–Crippen LogP) is 2.72. The van der Waals surface area contributed by atoms with Gasteiger partial charge in [0.25, 0.3) is 0 Å². The van der Waals surface area contributed by atoms with Gasteiger partial charge in [0.1, 0.15) is 39.8 Å². The van der Waals surface area contributed by atoms with Gasteiger partial charge in [0, 0.05) is 24.3 Å². The highest BCUT2D eigenvalue weighted by Gasteiger charge is 2.14. The molecule has 0 aliphatic heterocycles. The molecule has 1 aromatic heterocycles. The van der Waals surface area contributed by atoms with E-state index in [4.69, 9.17) is 4.42 Å². The Hall–Kier alpha value is -3.02. The summed E-state index contributed by atoms with van der Waals surface area (Å²) in [4.78, 5) is 12.0. The maximum absolute atomic E-state index is 13.8. The van der Waals surface area contributed by atoms with Crippen LogP contribution < -0.4 is 5.43 Å². The van der Waals surface area contributed by atoms with E-state index in [1.54, 1.807) is 0 Å². The van der Waals surface area contributed by atoms with Crippen LogP contribution in [-0.2, 0) is 0 Å². The molecule has 0 atom stereocenters. The monoisotopic (exact) mass is 288 g/mol. The SMILES string of the molecule is O=c1cc(-c2ccc(O)cc2F)oc2cc(O)cc(O)c12. The molecule has 0 radical (unpaired) electrons. The fraction of sp³-hybridized carbons (Fsp3) is 0. The van der Waals surface area contributed by atoms with Crippen molar-refractivity contribution in [3.8, 4) is 28.6 Å². The number of phenols is 3. The summed E-state index contributed by atoms with van der Waals surface area (Å²) in [5, 5.41) is 28.2. The molecule has 0 fully saturated rings. The second kappa shape index (κ2) is 4.52. The van der Waals surface area contributed by atoms with Gasteiger partial charge in [0.05, 0.1) is 5.56 Å². The Balaban J connectivity index is 2.32. The molecule has 0 spiro atoms. The van der Waals surface area contributed by atoms with Crippen molar-refractivity contribution in [2.75, 3.05) is 0 Å². The topological polar surface area (TPSA) is 90.9 Å². The van der Waals surface area contributed by atoms with Crippen molar-refractivity contribution >= 4 is 11.0 Å². The van der Waals surface area contributed by atoms with Gasteiger partial charge in [-0.15, -0.1) is 0 Å². The first kappa shape index (κ1) is 13.0. The number of aromatic hydroxyl groups is 3. The van der Waals surface area contributed by atoms with Crippen molar-refractivity contribution in [3.05, 3.63) is 52.4 Å². The zero-order valence-corrected chi connectivity index (χ0v) is 10.5. The molecule has 0 saturated carbocycles. The van der Waals surface area contributed by atoms with Crippen LogP contribution in [0.5, 0.6) is 17.2 Å². The molecule has 0 aliphatic rings. The van der Waals surface area contributed by atoms with Gasteiger partial charge in [0.2, 0.25) is 0 Å². The number of benzene rings is 2. The zero-order chi connectivity index (χ0) is 15.1. The van der Waals surface area contributed by atoms with Gasteiger partial charge in [-0.1, -0.05) is 0 Å². The molecular weight excluding hydrogens is 279 g/mol. The predicted molar refractivity (Wildman–Crippen MR) is 72.9 cm³/mol. The lowest BCUT2D eigenvalue weighted by Gasteiger charge is -2.06. The molecule has 2 aromatic carbocycles. The van der Waals surface area contributed by atoms with Crippen LogP contribution in [0.25, 0.3) is 22.3 Å². The number of rotatable bonds is 1. The molecule has 0 amide bonds. The molecule has 3 rings (SSSR count). The number of phenolic OH excluding ortho intramolecular Hbond substituents is 3. The fourth-order valence-corrected chi connectivity index (χ4v) is 2.09. The maximum Gasteiger partial charge on any atom is 0.197 e. The van der Waals surface area contributed by atoms with E-state index in [2.05, 4.69) is 0 Å². The minimum Gasteiger partial charge on any atom is -0.508 e. The summed E-state index contributed by atoms with van der Waals surface area (Å²) < 4.78 is 19.2. The summed E-state index contributed by atoms with van der Waals surface area (Å²) >= 11 is 0.